The summed E-state index contributed by atoms with van der Waals surface area (Å²) in [6.07, 6.45) is 4.98. The Kier molecular flexibility index (Phi) is 4.29. The molecule has 0 saturated heterocycles. The molecule has 0 radical (unpaired) electrons. The molecule has 1 rings (SSSR count). The fourth-order valence-corrected chi connectivity index (χ4v) is 2.16. The van der Waals surface area contributed by atoms with Gasteiger partial charge in [-0.05, 0) is 24.5 Å². The second kappa shape index (κ2) is 4.96. The third kappa shape index (κ3) is 3.98. The van der Waals surface area contributed by atoms with Gasteiger partial charge in [0.1, 0.15) is 0 Å². The summed E-state index contributed by atoms with van der Waals surface area (Å²) in [6.45, 7) is 6.99. The van der Waals surface area contributed by atoms with Crippen LogP contribution in [-0.2, 0) is 4.79 Å². The van der Waals surface area contributed by atoms with Crippen LogP contribution in [0.4, 0.5) is 0 Å². The second-order valence-electron chi connectivity index (χ2n) is 5.84. The monoisotopic (exact) mass is 244 g/mol. The van der Waals surface area contributed by atoms with Gasteiger partial charge < -0.3 is 11.1 Å². The molecule has 94 valence electrons. The molecule has 1 saturated carbocycles. The molecule has 3 nitrogen and oxygen atoms in total. The maximum absolute atomic E-state index is 11.7. The van der Waals surface area contributed by atoms with Gasteiger partial charge in [0.25, 0.3) is 0 Å². The van der Waals surface area contributed by atoms with Crippen molar-refractivity contribution in [3.63, 3.8) is 0 Å². The van der Waals surface area contributed by atoms with Crippen molar-refractivity contribution in [1.29, 1.82) is 0 Å². The van der Waals surface area contributed by atoms with E-state index < -0.39 is 0 Å². The van der Waals surface area contributed by atoms with Gasteiger partial charge in [0.2, 0.25) is 5.91 Å². The molecular formula is C12H24N2OS. The lowest BCUT2D eigenvalue weighted by molar-refractivity contribution is -0.121. The number of nitrogens with one attached hydrogen (secondary N) is 1. The van der Waals surface area contributed by atoms with Crippen LogP contribution in [0, 0.1) is 5.41 Å². The number of hydrogen-bond acceptors (Lipinski definition) is 3. The fraction of sp³-hybridized carbons (Fsp3) is 0.917. The maximum Gasteiger partial charge on any atom is 0.221 e. The topological polar surface area (TPSA) is 55.1 Å². The summed E-state index contributed by atoms with van der Waals surface area (Å²) in [7, 11) is 0. The summed E-state index contributed by atoms with van der Waals surface area (Å²) in [5.74, 6) is 0.0859. The average Bonchev–Trinajstić information content (AvgIpc) is 2.94. The van der Waals surface area contributed by atoms with E-state index in [4.69, 9.17) is 5.73 Å². The van der Waals surface area contributed by atoms with Crippen molar-refractivity contribution in [2.45, 2.75) is 50.8 Å². The Hall–Kier alpha value is -0.220. The lowest BCUT2D eigenvalue weighted by Crippen LogP contribution is -2.41. The molecule has 1 aliphatic carbocycles. The normalized spacial score (nSPS) is 20.3. The molecule has 1 amide bonds. The zero-order valence-electron chi connectivity index (χ0n) is 10.8. The summed E-state index contributed by atoms with van der Waals surface area (Å²) in [5.41, 5.74) is 5.97. The van der Waals surface area contributed by atoms with Crippen molar-refractivity contribution in [3.05, 3.63) is 0 Å². The molecule has 4 heteroatoms. The molecule has 1 fully saturated rings. The Balaban J connectivity index is 2.26. The number of thioether (sulfide) groups is 1. The predicted octanol–water partition coefficient (Wildman–Crippen LogP) is 1.76. The molecule has 0 spiro atoms. The molecule has 0 bridgehead atoms. The van der Waals surface area contributed by atoms with Crippen LogP contribution in [0.3, 0.4) is 0 Å². The highest BCUT2D eigenvalue weighted by Crippen LogP contribution is 2.46. The first-order chi connectivity index (χ1) is 7.29. The number of carbonyl (C=O) groups excluding carboxylic acids is 1. The molecule has 3 N–H and O–H groups in total. The van der Waals surface area contributed by atoms with Crippen LogP contribution >= 0.6 is 11.8 Å². The van der Waals surface area contributed by atoms with Crippen LogP contribution in [0.5, 0.6) is 0 Å². The largest absolute Gasteiger partial charge is 0.355 e. The van der Waals surface area contributed by atoms with Crippen LogP contribution in [0.25, 0.3) is 0 Å². The first-order valence-electron chi connectivity index (χ1n) is 5.86. The number of rotatable bonds is 5. The van der Waals surface area contributed by atoms with Crippen molar-refractivity contribution in [2.24, 2.45) is 11.1 Å². The van der Waals surface area contributed by atoms with E-state index in [1.165, 1.54) is 12.8 Å². The van der Waals surface area contributed by atoms with Gasteiger partial charge in [-0.3, -0.25) is 4.79 Å². The molecule has 16 heavy (non-hydrogen) atoms. The standard InChI is InChI=1S/C12H24N2OS/c1-11(2,3)9(13)7-10(15)14-8-12(16-4)5-6-12/h9H,5-8,13H2,1-4H3,(H,14,15). The molecule has 1 unspecified atom stereocenters. The van der Waals surface area contributed by atoms with Gasteiger partial charge in [-0.15, -0.1) is 0 Å². The van der Waals surface area contributed by atoms with Gasteiger partial charge in [0.05, 0.1) is 0 Å². The van der Waals surface area contributed by atoms with Crippen molar-refractivity contribution >= 4 is 17.7 Å². The molecule has 0 aromatic carbocycles. The summed E-state index contributed by atoms with van der Waals surface area (Å²) in [4.78, 5) is 11.7. The quantitative estimate of drug-likeness (QED) is 0.775. The first-order valence-corrected chi connectivity index (χ1v) is 7.09. The van der Waals surface area contributed by atoms with Crippen molar-refractivity contribution in [2.75, 3.05) is 12.8 Å². The van der Waals surface area contributed by atoms with Crippen LogP contribution in [0.15, 0.2) is 0 Å². The zero-order chi connectivity index (χ0) is 12.4. The summed E-state index contributed by atoms with van der Waals surface area (Å²) in [5, 5.41) is 3.00. The Morgan fingerprint density at radius 3 is 2.44 bits per heavy atom. The van der Waals surface area contributed by atoms with Gasteiger partial charge in [-0.1, -0.05) is 20.8 Å². The predicted molar refractivity (Wildman–Crippen MR) is 70.5 cm³/mol. The minimum absolute atomic E-state index is 0.00584. The highest BCUT2D eigenvalue weighted by Gasteiger charge is 2.42. The van der Waals surface area contributed by atoms with Crippen LogP contribution in [0.2, 0.25) is 0 Å². The van der Waals surface area contributed by atoms with Crippen molar-refractivity contribution < 1.29 is 4.79 Å². The first kappa shape index (κ1) is 13.8. The number of nitrogens with two attached hydrogens (primary N) is 1. The SMILES string of the molecule is CSC1(CNC(=O)CC(N)C(C)(C)C)CC1. The van der Waals surface area contributed by atoms with Crippen molar-refractivity contribution in [1.82, 2.24) is 5.32 Å². The fourth-order valence-electron chi connectivity index (χ4n) is 1.43. The number of carbonyl (C=O) groups is 1. The Labute approximate surface area is 103 Å². The number of hydrogen-bond donors (Lipinski definition) is 2. The molecule has 0 aliphatic heterocycles. The number of amides is 1. The Morgan fingerprint density at radius 1 is 1.50 bits per heavy atom. The smallest absolute Gasteiger partial charge is 0.221 e. The van der Waals surface area contributed by atoms with E-state index in [0.717, 1.165) is 6.54 Å². The van der Waals surface area contributed by atoms with Crippen LogP contribution in [0.1, 0.15) is 40.0 Å². The van der Waals surface area contributed by atoms with Gasteiger partial charge >= 0.3 is 0 Å². The van der Waals surface area contributed by atoms with Gasteiger partial charge in [0, 0.05) is 23.8 Å². The molecule has 0 aromatic heterocycles. The van der Waals surface area contributed by atoms with Gasteiger partial charge in [0.15, 0.2) is 0 Å². The van der Waals surface area contributed by atoms with E-state index in [-0.39, 0.29) is 17.4 Å². The van der Waals surface area contributed by atoms with E-state index in [0.29, 0.717) is 11.2 Å². The second-order valence-corrected chi connectivity index (χ2v) is 7.11. The molecular weight excluding hydrogens is 220 g/mol. The van der Waals surface area contributed by atoms with Gasteiger partial charge in [-0.25, -0.2) is 0 Å². The highest BCUT2D eigenvalue weighted by molar-refractivity contribution is 8.00. The maximum atomic E-state index is 11.7. The Morgan fingerprint density at radius 2 is 2.06 bits per heavy atom. The molecule has 0 aromatic rings. The third-order valence-electron chi connectivity index (χ3n) is 3.37. The van der Waals surface area contributed by atoms with Crippen LogP contribution < -0.4 is 11.1 Å². The van der Waals surface area contributed by atoms with E-state index in [1.54, 1.807) is 0 Å². The lowest BCUT2D eigenvalue weighted by Gasteiger charge is -2.26. The van der Waals surface area contributed by atoms with Crippen LogP contribution in [-0.4, -0.2) is 29.5 Å². The zero-order valence-corrected chi connectivity index (χ0v) is 11.6. The van der Waals surface area contributed by atoms with E-state index in [2.05, 4.69) is 32.3 Å². The minimum Gasteiger partial charge on any atom is -0.355 e. The van der Waals surface area contributed by atoms with E-state index in [9.17, 15) is 4.79 Å². The van der Waals surface area contributed by atoms with E-state index >= 15 is 0 Å². The summed E-state index contributed by atoms with van der Waals surface area (Å²) >= 11 is 1.86. The molecule has 0 heterocycles. The average molecular weight is 244 g/mol. The highest BCUT2D eigenvalue weighted by atomic mass is 32.2. The lowest BCUT2D eigenvalue weighted by atomic mass is 9.85. The molecule has 1 atom stereocenters. The minimum atomic E-state index is -0.0723. The Bertz CT molecular complexity index is 256. The summed E-state index contributed by atoms with van der Waals surface area (Å²) < 4.78 is 0.335. The van der Waals surface area contributed by atoms with E-state index in [1.807, 2.05) is 11.8 Å². The van der Waals surface area contributed by atoms with Crippen molar-refractivity contribution in [3.8, 4) is 0 Å². The van der Waals surface area contributed by atoms with Gasteiger partial charge in [-0.2, -0.15) is 11.8 Å². The summed E-state index contributed by atoms with van der Waals surface area (Å²) in [6, 6.07) is -0.0723. The molecule has 1 aliphatic rings. The third-order valence-corrected chi connectivity index (χ3v) is 4.78.